The van der Waals surface area contributed by atoms with E-state index in [9.17, 15) is 4.79 Å². The van der Waals surface area contributed by atoms with Crippen LogP contribution in [0.25, 0.3) is 0 Å². The summed E-state index contributed by atoms with van der Waals surface area (Å²) in [6.07, 6.45) is 8.83. The second-order valence-corrected chi connectivity index (χ2v) is 5.15. The molecule has 0 atom stereocenters. The second kappa shape index (κ2) is 6.73. The number of nitrogens with zero attached hydrogens (tertiary/aromatic N) is 2. The minimum absolute atomic E-state index is 0.152. The smallest absolute Gasteiger partial charge is 0.291 e. The number of aromatic nitrogens is 2. The first-order valence-corrected chi connectivity index (χ1v) is 6.94. The molecule has 0 saturated heterocycles. The van der Waals surface area contributed by atoms with Gasteiger partial charge in [-0.3, -0.25) is 4.79 Å². The molecule has 3 N–H and O–H groups in total. The van der Waals surface area contributed by atoms with Crippen LogP contribution in [0.2, 0.25) is 5.02 Å². The Morgan fingerprint density at radius 1 is 1.53 bits per heavy atom. The second-order valence-electron chi connectivity index (χ2n) is 4.74. The lowest BCUT2D eigenvalue weighted by Crippen LogP contribution is -2.30. The van der Waals surface area contributed by atoms with Gasteiger partial charge >= 0.3 is 0 Å². The highest BCUT2D eigenvalue weighted by Crippen LogP contribution is 2.27. The van der Waals surface area contributed by atoms with Crippen molar-refractivity contribution in [1.29, 1.82) is 0 Å². The van der Waals surface area contributed by atoms with E-state index >= 15 is 0 Å². The number of hydrogen-bond acceptors (Lipinski definition) is 4. The molecule has 0 radical (unpaired) electrons. The molecule has 2 rings (SSSR count). The van der Waals surface area contributed by atoms with E-state index in [1.165, 1.54) is 30.1 Å². The molecule has 1 aromatic heterocycles. The molecule has 19 heavy (non-hydrogen) atoms. The molecule has 1 aromatic rings. The van der Waals surface area contributed by atoms with Gasteiger partial charge in [0.2, 0.25) is 0 Å². The van der Waals surface area contributed by atoms with Gasteiger partial charge in [0.05, 0.1) is 11.2 Å². The molecule has 0 spiro atoms. The van der Waals surface area contributed by atoms with E-state index in [1.54, 1.807) is 0 Å². The first-order valence-electron chi connectivity index (χ1n) is 6.57. The molecular formula is C13H19ClN4O. The van der Waals surface area contributed by atoms with Crippen molar-refractivity contribution in [2.24, 2.45) is 11.7 Å². The Balaban J connectivity index is 2.09. The van der Waals surface area contributed by atoms with Crippen LogP contribution in [-0.2, 0) is 6.54 Å². The van der Waals surface area contributed by atoms with E-state index < -0.39 is 0 Å². The van der Waals surface area contributed by atoms with Gasteiger partial charge in [-0.05, 0) is 18.8 Å². The Bertz CT molecular complexity index is 508. The maximum absolute atomic E-state index is 12.2. The largest absolute Gasteiger partial charge is 0.376 e. The Morgan fingerprint density at radius 3 is 2.95 bits per heavy atom. The molecule has 1 heterocycles. The van der Waals surface area contributed by atoms with Crippen molar-refractivity contribution >= 4 is 17.3 Å². The fourth-order valence-electron chi connectivity index (χ4n) is 2.02. The Hall–Kier alpha value is -1.33. The number of rotatable bonds is 6. The maximum Gasteiger partial charge on any atom is 0.291 e. The zero-order valence-electron chi connectivity index (χ0n) is 10.8. The number of nitrogens with one attached hydrogen (secondary N) is 1. The van der Waals surface area contributed by atoms with Crippen LogP contribution in [0.15, 0.2) is 23.1 Å². The van der Waals surface area contributed by atoms with Crippen LogP contribution < -0.4 is 16.6 Å². The van der Waals surface area contributed by atoms with Crippen molar-refractivity contribution in [2.75, 3.05) is 18.4 Å². The highest BCUT2D eigenvalue weighted by Gasteiger charge is 2.20. The molecule has 1 aliphatic carbocycles. The molecule has 0 aliphatic heterocycles. The molecular weight excluding hydrogens is 264 g/mol. The molecule has 1 saturated carbocycles. The average Bonchev–Trinajstić information content (AvgIpc) is 2.35. The molecule has 0 aromatic carbocycles. The van der Waals surface area contributed by atoms with Gasteiger partial charge in [-0.1, -0.05) is 30.2 Å². The lowest BCUT2D eigenvalue weighted by molar-refractivity contribution is 0.262. The first kappa shape index (κ1) is 14.1. The summed E-state index contributed by atoms with van der Waals surface area (Å²) in [5.74, 6) is 0.580. The van der Waals surface area contributed by atoms with Crippen molar-refractivity contribution in [2.45, 2.75) is 25.8 Å². The zero-order chi connectivity index (χ0) is 13.7. The molecule has 104 valence electrons. The van der Waals surface area contributed by atoms with E-state index in [0.717, 1.165) is 0 Å². The summed E-state index contributed by atoms with van der Waals surface area (Å²) in [5, 5.41) is 7.47. The summed E-state index contributed by atoms with van der Waals surface area (Å²) in [7, 11) is 0. The zero-order valence-corrected chi connectivity index (χ0v) is 11.6. The van der Waals surface area contributed by atoms with E-state index in [-0.39, 0.29) is 5.56 Å². The van der Waals surface area contributed by atoms with Crippen LogP contribution in [0.4, 0.5) is 5.69 Å². The van der Waals surface area contributed by atoms with Crippen LogP contribution in [0, 0.1) is 5.92 Å². The third-order valence-electron chi connectivity index (χ3n) is 3.35. The van der Waals surface area contributed by atoms with Crippen molar-refractivity contribution in [3.8, 4) is 0 Å². The minimum atomic E-state index is -0.152. The summed E-state index contributed by atoms with van der Waals surface area (Å²) in [4.78, 5) is 12.2. The van der Waals surface area contributed by atoms with E-state index in [1.807, 2.05) is 12.2 Å². The monoisotopic (exact) mass is 282 g/mol. The van der Waals surface area contributed by atoms with Gasteiger partial charge < -0.3 is 11.1 Å². The first-order chi connectivity index (χ1) is 9.22. The fourth-order valence-corrected chi connectivity index (χ4v) is 2.21. The molecule has 5 nitrogen and oxygen atoms in total. The van der Waals surface area contributed by atoms with Crippen LogP contribution in [0.5, 0.6) is 0 Å². The standard InChI is InChI=1S/C13H19ClN4O/c14-11-8-17-18(9-10-4-3-5-10)13(19)12(11)16-7-2-1-6-15/h1-2,8,10,16H,3-7,9,15H2/b2-1+. The lowest BCUT2D eigenvalue weighted by Gasteiger charge is -2.25. The predicted molar refractivity (Wildman–Crippen MR) is 77.5 cm³/mol. The van der Waals surface area contributed by atoms with Crippen molar-refractivity contribution in [3.05, 3.63) is 33.7 Å². The number of hydrogen-bond donors (Lipinski definition) is 2. The molecule has 1 aliphatic rings. The highest BCUT2D eigenvalue weighted by atomic mass is 35.5. The van der Waals surface area contributed by atoms with Gasteiger partial charge in [0, 0.05) is 19.6 Å². The Labute approximate surface area is 117 Å². The molecule has 0 amide bonds. The summed E-state index contributed by atoms with van der Waals surface area (Å²) < 4.78 is 1.50. The van der Waals surface area contributed by atoms with Crippen LogP contribution in [-0.4, -0.2) is 22.9 Å². The maximum atomic E-state index is 12.2. The van der Waals surface area contributed by atoms with Crippen LogP contribution >= 0.6 is 11.6 Å². The number of nitrogens with two attached hydrogens (primary N) is 1. The lowest BCUT2D eigenvalue weighted by atomic mass is 9.85. The normalized spacial score (nSPS) is 15.7. The Morgan fingerprint density at radius 2 is 2.32 bits per heavy atom. The quantitative estimate of drug-likeness (QED) is 0.778. The van der Waals surface area contributed by atoms with Gasteiger partial charge in [-0.25, -0.2) is 4.68 Å². The van der Waals surface area contributed by atoms with Gasteiger partial charge in [0.1, 0.15) is 5.69 Å². The average molecular weight is 283 g/mol. The summed E-state index contributed by atoms with van der Waals surface area (Å²) >= 11 is 6.01. The van der Waals surface area contributed by atoms with Crippen LogP contribution in [0.1, 0.15) is 19.3 Å². The van der Waals surface area contributed by atoms with E-state index in [4.69, 9.17) is 17.3 Å². The highest BCUT2D eigenvalue weighted by molar-refractivity contribution is 6.32. The molecule has 0 unspecified atom stereocenters. The van der Waals surface area contributed by atoms with Gasteiger partial charge in [-0.2, -0.15) is 5.10 Å². The third-order valence-corrected chi connectivity index (χ3v) is 3.64. The number of halogens is 1. The summed E-state index contributed by atoms with van der Waals surface area (Å²) in [5.41, 5.74) is 5.61. The van der Waals surface area contributed by atoms with E-state index in [0.29, 0.717) is 36.3 Å². The molecule has 1 fully saturated rings. The topological polar surface area (TPSA) is 72.9 Å². The van der Waals surface area contributed by atoms with Gasteiger partial charge in [0.15, 0.2) is 0 Å². The predicted octanol–water partition coefficient (Wildman–Crippen LogP) is 1.62. The summed E-state index contributed by atoms with van der Waals surface area (Å²) in [6.45, 7) is 1.70. The van der Waals surface area contributed by atoms with Crippen LogP contribution in [0.3, 0.4) is 0 Å². The Kier molecular flexibility index (Phi) is 4.99. The SMILES string of the molecule is NC/C=C/CNc1c(Cl)cnn(CC2CCC2)c1=O. The van der Waals surface area contributed by atoms with Crippen molar-refractivity contribution in [3.63, 3.8) is 0 Å². The fraction of sp³-hybridized carbons (Fsp3) is 0.538. The third kappa shape index (κ3) is 3.58. The van der Waals surface area contributed by atoms with Crippen molar-refractivity contribution in [1.82, 2.24) is 9.78 Å². The van der Waals surface area contributed by atoms with Gasteiger partial charge in [0.25, 0.3) is 5.56 Å². The van der Waals surface area contributed by atoms with E-state index in [2.05, 4.69) is 10.4 Å². The van der Waals surface area contributed by atoms with Gasteiger partial charge in [-0.15, -0.1) is 0 Å². The number of anilines is 1. The molecule has 6 heteroatoms. The molecule has 0 bridgehead atoms. The van der Waals surface area contributed by atoms with Crippen molar-refractivity contribution < 1.29 is 0 Å². The minimum Gasteiger partial charge on any atom is -0.376 e. The summed E-state index contributed by atoms with van der Waals surface area (Å²) in [6, 6.07) is 0.